The Morgan fingerprint density at radius 2 is 2.15 bits per heavy atom. The van der Waals surface area contributed by atoms with Crippen LogP contribution in [0.25, 0.3) is 0 Å². The second-order valence-electron chi connectivity index (χ2n) is 7.10. The van der Waals surface area contributed by atoms with Crippen LogP contribution in [0.4, 0.5) is 0 Å². The lowest BCUT2D eigenvalue weighted by atomic mass is 9.64. The number of aryl methyl sites for hydroxylation is 1. The van der Waals surface area contributed by atoms with Crippen molar-refractivity contribution in [1.82, 2.24) is 15.5 Å². The van der Waals surface area contributed by atoms with Gasteiger partial charge in [0.25, 0.3) is 0 Å². The van der Waals surface area contributed by atoms with E-state index >= 15 is 0 Å². The summed E-state index contributed by atoms with van der Waals surface area (Å²) < 4.78 is 5.12. The lowest BCUT2D eigenvalue weighted by Crippen LogP contribution is -2.55. The fourth-order valence-corrected chi connectivity index (χ4v) is 3.83. The topological polar surface area (TPSA) is 71.2 Å². The molecule has 2 N–H and O–H groups in total. The van der Waals surface area contributed by atoms with Crippen LogP contribution in [0.2, 0.25) is 0 Å². The van der Waals surface area contributed by atoms with Gasteiger partial charge in [-0.2, -0.15) is 4.98 Å². The summed E-state index contributed by atoms with van der Waals surface area (Å²) in [5.41, 5.74) is 0.0212. The smallest absolute Gasteiger partial charge is 0.226 e. The number of aliphatic hydroxyl groups excluding tert-OH is 1. The van der Waals surface area contributed by atoms with E-state index in [4.69, 9.17) is 4.52 Å². The average Bonchev–Trinajstić information content (AvgIpc) is 2.82. The first-order valence-corrected chi connectivity index (χ1v) is 7.55. The van der Waals surface area contributed by atoms with E-state index in [-0.39, 0.29) is 17.6 Å². The lowest BCUT2D eigenvalue weighted by molar-refractivity contribution is 0.0347. The molecule has 0 spiro atoms. The summed E-state index contributed by atoms with van der Waals surface area (Å²) >= 11 is 0. The maximum atomic E-state index is 9.89. The molecule has 0 saturated heterocycles. The molecule has 0 aromatic carbocycles. The summed E-state index contributed by atoms with van der Waals surface area (Å²) in [7, 11) is 0. The van der Waals surface area contributed by atoms with Crippen molar-refractivity contribution in [2.75, 3.05) is 6.61 Å². The van der Waals surface area contributed by atoms with Crippen molar-refractivity contribution in [3.63, 3.8) is 0 Å². The van der Waals surface area contributed by atoms with Crippen LogP contribution in [0, 0.1) is 11.3 Å². The minimum Gasteiger partial charge on any atom is -0.394 e. The van der Waals surface area contributed by atoms with Gasteiger partial charge in [-0.25, -0.2) is 0 Å². The van der Waals surface area contributed by atoms with E-state index in [1.54, 1.807) is 0 Å². The third kappa shape index (κ3) is 3.58. The van der Waals surface area contributed by atoms with Crippen LogP contribution in [0.5, 0.6) is 0 Å². The maximum Gasteiger partial charge on any atom is 0.226 e. The highest BCUT2D eigenvalue weighted by Gasteiger charge is 2.42. The predicted octanol–water partition coefficient (Wildman–Crippen LogP) is 2.30. The Labute approximate surface area is 121 Å². The van der Waals surface area contributed by atoms with Gasteiger partial charge >= 0.3 is 0 Å². The van der Waals surface area contributed by atoms with Crippen LogP contribution in [-0.4, -0.2) is 27.4 Å². The molecule has 20 heavy (non-hydrogen) atoms. The van der Waals surface area contributed by atoms with Crippen molar-refractivity contribution in [2.45, 2.75) is 65.5 Å². The molecule has 2 rings (SSSR count). The second-order valence-corrected chi connectivity index (χ2v) is 7.10. The number of aliphatic hydroxyl groups is 1. The quantitative estimate of drug-likeness (QED) is 0.866. The molecule has 1 aliphatic carbocycles. The first-order valence-electron chi connectivity index (χ1n) is 7.55. The highest BCUT2D eigenvalue weighted by Crippen LogP contribution is 2.43. The molecule has 114 valence electrons. The van der Waals surface area contributed by atoms with Crippen LogP contribution >= 0.6 is 0 Å². The molecule has 0 radical (unpaired) electrons. The molecule has 1 fully saturated rings. The van der Waals surface area contributed by atoms with E-state index in [2.05, 4.69) is 36.2 Å². The molecule has 1 heterocycles. The highest BCUT2D eigenvalue weighted by atomic mass is 16.5. The molecule has 0 aliphatic heterocycles. The van der Waals surface area contributed by atoms with Gasteiger partial charge in [0.15, 0.2) is 5.82 Å². The molecule has 1 saturated carbocycles. The lowest BCUT2D eigenvalue weighted by Gasteiger charge is -2.47. The number of aromatic nitrogens is 2. The summed E-state index contributed by atoms with van der Waals surface area (Å²) in [6, 6.07) is 0. The molecule has 5 heteroatoms. The molecule has 0 unspecified atom stereocenters. The average molecular weight is 281 g/mol. The normalized spacial score (nSPS) is 29.6. The van der Waals surface area contributed by atoms with Crippen molar-refractivity contribution in [1.29, 1.82) is 0 Å². The zero-order valence-electron chi connectivity index (χ0n) is 13.1. The van der Waals surface area contributed by atoms with Crippen molar-refractivity contribution in [3.05, 3.63) is 11.7 Å². The predicted molar refractivity (Wildman–Crippen MR) is 77.1 cm³/mol. The van der Waals surface area contributed by atoms with Gasteiger partial charge in [-0.3, -0.25) is 0 Å². The molecule has 1 aromatic rings. The Hall–Kier alpha value is -0.940. The second kappa shape index (κ2) is 5.82. The Balaban J connectivity index is 2.03. The summed E-state index contributed by atoms with van der Waals surface area (Å²) in [5.74, 6) is 1.94. The number of rotatable bonds is 5. The Morgan fingerprint density at radius 1 is 1.40 bits per heavy atom. The molecule has 0 bridgehead atoms. The Bertz CT molecular complexity index is 444. The first-order chi connectivity index (χ1) is 9.38. The third-order valence-corrected chi connectivity index (χ3v) is 4.19. The fourth-order valence-electron chi connectivity index (χ4n) is 3.83. The van der Waals surface area contributed by atoms with Crippen LogP contribution < -0.4 is 5.32 Å². The summed E-state index contributed by atoms with van der Waals surface area (Å²) in [6.07, 6.45) is 3.92. The minimum absolute atomic E-state index is 0.152. The van der Waals surface area contributed by atoms with E-state index in [0.717, 1.165) is 19.3 Å². The molecule has 5 nitrogen and oxygen atoms in total. The minimum atomic E-state index is -0.228. The van der Waals surface area contributed by atoms with E-state index in [9.17, 15) is 5.11 Å². The monoisotopic (exact) mass is 281 g/mol. The number of hydrogen-bond acceptors (Lipinski definition) is 5. The van der Waals surface area contributed by atoms with Crippen LogP contribution in [0.3, 0.4) is 0 Å². The maximum absolute atomic E-state index is 9.89. The first kappa shape index (κ1) is 15.4. The molecule has 1 aliphatic rings. The molecule has 1 aromatic heterocycles. The Morgan fingerprint density at radius 3 is 2.70 bits per heavy atom. The van der Waals surface area contributed by atoms with Gasteiger partial charge < -0.3 is 14.9 Å². The summed E-state index contributed by atoms with van der Waals surface area (Å²) in [4.78, 5) is 4.31. The summed E-state index contributed by atoms with van der Waals surface area (Å²) in [5, 5.41) is 17.3. The van der Waals surface area contributed by atoms with E-state index < -0.39 is 0 Å². The van der Waals surface area contributed by atoms with Crippen molar-refractivity contribution < 1.29 is 9.63 Å². The van der Waals surface area contributed by atoms with Crippen molar-refractivity contribution in [2.24, 2.45) is 11.3 Å². The number of nitrogens with one attached hydrogen (secondary N) is 1. The van der Waals surface area contributed by atoms with E-state index in [1.165, 1.54) is 6.42 Å². The molecular formula is C15H27N3O2. The Kier molecular flexibility index (Phi) is 4.49. The highest BCUT2D eigenvalue weighted by molar-refractivity contribution is 5.00. The van der Waals surface area contributed by atoms with Crippen LogP contribution in [0.1, 0.15) is 58.7 Å². The van der Waals surface area contributed by atoms with Gasteiger partial charge in [0, 0.05) is 12.0 Å². The molecule has 2 atom stereocenters. The summed E-state index contributed by atoms with van der Waals surface area (Å²) in [6.45, 7) is 9.50. The van der Waals surface area contributed by atoms with Gasteiger partial charge in [0.2, 0.25) is 5.89 Å². The van der Waals surface area contributed by atoms with E-state index in [1.807, 2.05) is 6.92 Å². The van der Waals surface area contributed by atoms with Gasteiger partial charge in [-0.1, -0.05) is 32.9 Å². The molecular weight excluding hydrogens is 254 g/mol. The van der Waals surface area contributed by atoms with Gasteiger partial charge in [-0.15, -0.1) is 0 Å². The fraction of sp³-hybridized carbons (Fsp3) is 0.867. The zero-order chi connectivity index (χ0) is 14.8. The molecule has 0 amide bonds. The van der Waals surface area contributed by atoms with Crippen LogP contribution in [0.15, 0.2) is 4.52 Å². The largest absolute Gasteiger partial charge is 0.394 e. The van der Waals surface area contributed by atoms with Gasteiger partial charge in [0.05, 0.1) is 13.2 Å². The SMILES string of the molecule is CCc1nc(CN[C@@]2(CO)C[C@H](C)CC(C)(C)C2)no1. The number of nitrogens with zero attached hydrogens (tertiary/aromatic N) is 2. The number of hydrogen-bond donors (Lipinski definition) is 2. The standard InChI is InChI=1S/C15H27N3O2/c1-5-13-17-12(18-20-13)8-16-15(10-19)7-11(2)6-14(3,4)9-15/h11,16,19H,5-10H2,1-4H3/t11-,15+/m1/s1. The van der Waals surface area contributed by atoms with Crippen molar-refractivity contribution >= 4 is 0 Å². The van der Waals surface area contributed by atoms with Gasteiger partial charge in [-0.05, 0) is 30.6 Å². The zero-order valence-corrected chi connectivity index (χ0v) is 13.1. The van der Waals surface area contributed by atoms with Crippen LogP contribution in [-0.2, 0) is 13.0 Å². The van der Waals surface area contributed by atoms with Crippen molar-refractivity contribution in [3.8, 4) is 0 Å². The third-order valence-electron chi connectivity index (χ3n) is 4.19. The van der Waals surface area contributed by atoms with E-state index in [0.29, 0.717) is 24.2 Å². The van der Waals surface area contributed by atoms with Gasteiger partial charge in [0.1, 0.15) is 0 Å².